The first-order valence-corrected chi connectivity index (χ1v) is 5.60. The van der Waals surface area contributed by atoms with E-state index in [0.717, 1.165) is 16.7 Å². The van der Waals surface area contributed by atoms with Crippen molar-refractivity contribution in [2.45, 2.75) is 20.8 Å². The van der Waals surface area contributed by atoms with E-state index in [1.54, 1.807) is 0 Å². The molecule has 2 aromatic carbocycles. The summed E-state index contributed by atoms with van der Waals surface area (Å²) < 4.78 is 0. The van der Waals surface area contributed by atoms with Gasteiger partial charge in [0.25, 0.3) is 0 Å². The van der Waals surface area contributed by atoms with Crippen molar-refractivity contribution < 1.29 is 10.2 Å². The molecule has 2 heteroatoms. The van der Waals surface area contributed by atoms with Gasteiger partial charge in [0.1, 0.15) is 11.5 Å². The molecule has 0 aliphatic carbocycles. The van der Waals surface area contributed by atoms with Gasteiger partial charge in [-0.05, 0) is 37.5 Å². The lowest BCUT2D eigenvalue weighted by molar-refractivity contribution is 0.464. The van der Waals surface area contributed by atoms with Crippen molar-refractivity contribution in [3.63, 3.8) is 0 Å². The first kappa shape index (κ1) is 11.5. The number of hydrogen-bond acceptors (Lipinski definition) is 2. The lowest BCUT2D eigenvalue weighted by Crippen LogP contribution is -1.89. The quantitative estimate of drug-likeness (QED) is 0.781. The summed E-state index contributed by atoms with van der Waals surface area (Å²) in [4.78, 5) is 0. The Bertz CT molecular complexity index is 571. The molecule has 0 amide bonds. The van der Waals surface area contributed by atoms with Gasteiger partial charge in [-0.3, -0.25) is 0 Å². The number of benzene rings is 2. The van der Waals surface area contributed by atoms with Crippen molar-refractivity contribution in [2.75, 3.05) is 0 Å². The van der Waals surface area contributed by atoms with Crippen molar-refractivity contribution in [3.05, 3.63) is 47.0 Å². The van der Waals surface area contributed by atoms with Crippen LogP contribution in [0.1, 0.15) is 16.7 Å². The van der Waals surface area contributed by atoms with Gasteiger partial charge in [-0.1, -0.05) is 30.3 Å². The smallest absolute Gasteiger partial charge is 0.126 e. The van der Waals surface area contributed by atoms with E-state index in [2.05, 4.69) is 0 Å². The average molecular weight is 228 g/mol. The van der Waals surface area contributed by atoms with Crippen molar-refractivity contribution in [2.24, 2.45) is 0 Å². The summed E-state index contributed by atoms with van der Waals surface area (Å²) in [5, 5.41) is 20.2. The van der Waals surface area contributed by atoms with Gasteiger partial charge < -0.3 is 10.2 Å². The van der Waals surface area contributed by atoms with Gasteiger partial charge in [0, 0.05) is 11.1 Å². The number of aryl methyl sites for hydroxylation is 3. The summed E-state index contributed by atoms with van der Waals surface area (Å²) >= 11 is 0. The molecule has 0 aliphatic heterocycles. The van der Waals surface area contributed by atoms with Crippen molar-refractivity contribution in [1.29, 1.82) is 0 Å². The third kappa shape index (κ3) is 1.86. The molecule has 0 spiro atoms. The molecule has 0 saturated heterocycles. The molecule has 0 fully saturated rings. The molecule has 0 bridgehead atoms. The van der Waals surface area contributed by atoms with E-state index in [0.29, 0.717) is 11.1 Å². The summed E-state index contributed by atoms with van der Waals surface area (Å²) in [5.74, 6) is 0.474. The highest BCUT2D eigenvalue weighted by Crippen LogP contribution is 2.40. The predicted octanol–water partition coefficient (Wildman–Crippen LogP) is 3.69. The molecular formula is C15H16O2. The van der Waals surface area contributed by atoms with Gasteiger partial charge in [0.05, 0.1) is 0 Å². The minimum absolute atomic E-state index is 0.233. The van der Waals surface area contributed by atoms with Crippen LogP contribution in [-0.4, -0.2) is 10.2 Å². The molecule has 88 valence electrons. The summed E-state index contributed by atoms with van der Waals surface area (Å²) in [5.41, 5.74) is 3.97. The SMILES string of the molecule is Cc1cccc(-c2c(C)ccc(C)c2O)c1O. The Morgan fingerprint density at radius 3 is 2.00 bits per heavy atom. The summed E-state index contributed by atoms with van der Waals surface area (Å²) in [6.45, 7) is 5.63. The molecule has 17 heavy (non-hydrogen) atoms. The van der Waals surface area contributed by atoms with E-state index in [-0.39, 0.29) is 11.5 Å². The van der Waals surface area contributed by atoms with Crippen molar-refractivity contribution in [3.8, 4) is 22.6 Å². The molecule has 0 aromatic heterocycles. The second-order valence-electron chi connectivity index (χ2n) is 4.39. The van der Waals surface area contributed by atoms with E-state index in [1.807, 2.05) is 51.1 Å². The standard InChI is InChI=1S/C15H16O2/c1-9-7-8-11(3)15(17)13(9)12-6-4-5-10(2)14(12)16/h4-8,16-17H,1-3H3. The molecule has 2 N–H and O–H groups in total. The number of rotatable bonds is 1. The molecular weight excluding hydrogens is 212 g/mol. The highest BCUT2D eigenvalue weighted by molar-refractivity contribution is 5.80. The molecule has 2 nitrogen and oxygen atoms in total. The first-order chi connectivity index (χ1) is 8.02. The Kier molecular flexibility index (Phi) is 2.80. The minimum atomic E-state index is 0.233. The van der Waals surface area contributed by atoms with Crippen LogP contribution in [0.5, 0.6) is 11.5 Å². The van der Waals surface area contributed by atoms with Gasteiger partial charge in [-0.25, -0.2) is 0 Å². The topological polar surface area (TPSA) is 40.5 Å². The molecule has 0 atom stereocenters. The predicted molar refractivity (Wildman–Crippen MR) is 69.4 cm³/mol. The normalized spacial score (nSPS) is 10.5. The van der Waals surface area contributed by atoms with Gasteiger partial charge >= 0.3 is 0 Å². The average Bonchev–Trinajstić information content (AvgIpc) is 2.30. The Morgan fingerprint density at radius 2 is 1.29 bits per heavy atom. The van der Waals surface area contributed by atoms with Crippen LogP contribution >= 0.6 is 0 Å². The fourth-order valence-electron chi connectivity index (χ4n) is 2.00. The van der Waals surface area contributed by atoms with Crippen LogP contribution in [0, 0.1) is 20.8 Å². The Morgan fingerprint density at radius 1 is 0.706 bits per heavy atom. The van der Waals surface area contributed by atoms with E-state index >= 15 is 0 Å². The molecule has 0 aliphatic rings. The van der Waals surface area contributed by atoms with Crippen LogP contribution in [0.4, 0.5) is 0 Å². The first-order valence-electron chi connectivity index (χ1n) is 5.60. The third-order valence-corrected chi connectivity index (χ3v) is 3.10. The largest absolute Gasteiger partial charge is 0.507 e. The molecule has 2 rings (SSSR count). The van der Waals surface area contributed by atoms with Crippen LogP contribution < -0.4 is 0 Å². The number of hydrogen-bond donors (Lipinski definition) is 2. The zero-order chi connectivity index (χ0) is 12.6. The highest BCUT2D eigenvalue weighted by Gasteiger charge is 2.14. The number of para-hydroxylation sites is 1. The zero-order valence-electron chi connectivity index (χ0n) is 10.3. The third-order valence-electron chi connectivity index (χ3n) is 3.10. The van der Waals surface area contributed by atoms with Gasteiger partial charge in [0.15, 0.2) is 0 Å². The van der Waals surface area contributed by atoms with E-state index < -0.39 is 0 Å². The number of aromatic hydroxyl groups is 2. The second-order valence-corrected chi connectivity index (χ2v) is 4.39. The van der Waals surface area contributed by atoms with E-state index in [4.69, 9.17) is 0 Å². The van der Waals surface area contributed by atoms with E-state index in [9.17, 15) is 10.2 Å². The molecule has 2 aromatic rings. The molecule has 0 saturated carbocycles. The van der Waals surface area contributed by atoms with Crippen LogP contribution in [0.3, 0.4) is 0 Å². The summed E-state index contributed by atoms with van der Waals surface area (Å²) in [7, 11) is 0. The van der Waals surface area contributed by atoms with E-state index in [1.165, 1.54) is 0 Å². The molecule has 0 radical (unpaired) electrons. The van der Waals surface area contributed by atoms with Crippen LogP contribution in [-0.2, 0) is 0 Å². The number of phenols is 2. The molecule has 0 unspecified atom stereocenters. The maximum atomic E-state index is 10.1. The molecule has 0 heterocycles. The lowest BCUT2D eigenvalue weighted by atomic mass is 9.95. The van der Waals surface area contributed by atoms with Crippen molar-refractivity contribution >= 4 is 0 Å². The van der Waals surface area contributed by atoms with Gasteiger partial charge in [0.2, 0.25) is 0 Å². The Labute approximate surface area is 101 Å². The van der Waals surface area contributed by atoms with Crippen LogP contribution in [0.25, 0.3) is 11.1 Å². The fourth-order valence-corrected chi connectivity index (χ4v) is 2.00. The lowest BCUT2D eigenvalue weighted by Gasteiger charge is -2.13. The Balaban J connectivity index is 2.77. The van der Waals surface area contributed by atoms with Crippen LogP contribution in [0.2, 0.25) is 0 Å². The Hall–Kier alpha value is -1.96. The highest BCUT2D eigenvalue weighted by atomic mass is 16.3. The second kappa shape index (κ2) is 4.13. The summed E-state index contributed by atoms with van der Waals surface area (Å²) in [6, 6.07) is 9.38. The number of phenolic OH excluding ortho intramolecular Hbond substituents is 2. The van der Waals surface area contributed by atoms with Gasteiger partial charge in [-0.2, -0.15) is 0 Å². The summed E-state index contributed by atoms with van der Waals surface area (Å²) in [6.07, 6.45) is 0. The van der Waals surface area contributed by atoms with Gasteiger partial charge in [-0.15, -0.1) is 0 Å². The van der Waals surface area contributed by atoms with Crippen LogP contribution in [0.15, 0.2) is 30.3 Å². The minimum Gasteiger partial charge on any atom is -0.507 e. The maximum absolute atomic E-state index is 10.1. The zero-order valence-corrected chi connectivity index (χ0v) is 10.3. The monoisotopic (exact) mass is 228 g/mol. The fraction of sp³-hybridized carbons (Fsp3) is 0.200. The maximum Gasteiger partial charge on any atom is 0.126 e. The van der Waals surface area contributed by atoms with Crippen molar-refractivity contribution in [1.82, 2.24) is 0 Å².